The highest BCUT2D eigenvalue weighted by molar-refractivity contribution is 7.91. The number of nitrogens with one attached hydrogen (secondary N) is 1. The summed E-state index contributed by atoms with van der Waals surface area (Å²) < 4.78 is 27.8. The zero-order valence-corrected chi connectivity index (χ0v) is 18.6. The maximum atomic E-state index is 12.9. The molecule has 1 aliphatic heterocycles. The van der Waals surface area contributed by atoms with Gasteiger partial charge in [-0.15, -0.1) is 11.3 Å². The van der Waals surface area contributed by atoms with Crippen molar-refractivity contribution >= 4 is 27.3 Å². The summed E-state index contributed by atoms with van der Waals surface area (Å²) in [6.07, 6.45) is 3.02. The molecule has 1 aromatic heterocycles. The van der Waals surface area contributed by atoms with Gasteiger partial charge in [-0.2, -0.15) is 4.31 Å². The summed E-state index contributed by atoms with van der Waals surface area (Å²) in [5, 5.41) is 4.81. The van der Waals surface area contributed by atoms with Crippen LogP contribution >= 0.6 is 11.3 Å². The highest BCUT2D eigenvalue weighted by Crippen LogP contribution is 2.53. The van der Waals surface area contributed by atoms with Crippen LogP contribution in [0.15, 0.2) is 46.0 Å². The quantitative estimate of drug-likeness (QED) is 0.780. The zero-order valence-electron chi connectivity index (χ0n) is 16.9. The van der Waals surface area contributed by atoms with Crippen LogP contribution in [-0.4, -0.2) is 37.8 Å². The molecule has 1 N–H and O–H groups in total. The lowest BCUT2D eigenvalue weighted by molar-refractivity contribution is -0.122. The van der Waals surface area contributed by atoms with E-state index in [1.54, 1.807) is 21.8 Å². The third-order valence-corrected chi connectivity index (χ3v) is 9.53. The number of hydrogen-bond acceptors (Lipinski definition) is 4. The Labute approximate surface area is 177 Å². The van der Waals surface area contributed by atoms with Crippen molar-refractivity contribution in [1.29, 1.82) is 0 Å². The third kappa shape index (κ3) is 3.88. The highest BCUT2D eigenvalue weighted by Gasteiger charge is 2.47. The maximum absolute atomic E-state index is 12.9. The number of thiophene rings is 1. The van der Waals surface area contributed by atoms with E-state index in [-0.39, 0.29) is 23.3 Å². The first kappa shape index (κ1) is 20.6. The molecule has 0 bridgehead atoms. The Balaban J connectivity index is 1.53. The Morgan fingerprint density at radius 3 is 2.59 bits per heavy atom. The lowest BCUT2D eigenvalue weighted by atomic mass is 9.73. The van der Waals surface area contributed by atoms with Crippen molar-refractivity contribution in [1.82, 2.24) is 9.62 Å². The number of nitrogens with zero attached hydrogens (tertiary/aromatic N) is 1. The second-order valence-electron chi connectivity index (χ2n) is 8.53. The van der Waals surface area contributed by atoms with Gasteiger partial charge in [0.1, 0.15) is 4.21 Å². The molecule has 156 valence electrons. The third-order valence-electron chi connectivity index (χ3n) is 6.26. The SMILES string of the molecule is CC(C)NC(=O)CC1CC2(CCN(S(=O)(=O)c3cccs3)CC2)c2ccccc21. The summed E-state index contributed by atoms with van der Waals surface area (Å²) in [5.74, 6) is 0.292. The average Bonchev–Trinajstić information content (AvgIpc) is 3.31. The number of carbonyl (C=O) groups is 1. The topological polar surface area (TPSA) is 66.5 Å². The molecular formula is C22H28N2O3S2. The molecule has 1 atom stereocenters. The lowest BCUT2D eigenvalue weighted by Gasteiger charge is -2.39. The van der Waals surface area contributed by atoms with Gasteiger partial charge in [-0.25, -0.2) is 8.42 Å². The molecule has 1 fully saturated rings. The van der Waals surface area contributed by atoms with Crippen molar-refractivity contribution in [3.63, 3.8) is 0 Å². The van der Waals surface area contributed by atoms with Crippen LogP contribution in [0.1, 0.15) is 56.6 Å². The van der Waals surface area contributed by atoms with Gasteiger partial charge in [0.25, 0.3) is 10.0 Å². The second-order valence-corrected chi connectivity index (χ2v) is 11.6. The molecule has 1 aliphatic carbocycles. The first-order chi connectivity index (χ1) is 13.8. The van der Waals surface area contributed by atoms with Crippen molar-refractivity contribution in [2.75, 3.05) is 13.1 Å². The lowest BCUT2D eigenvalue weighted by Crippen LogP contribution is -2.44. The predicted octanol–water partition coefficient (Wildman–Crippen LogP) is 3.87. The normalized spacial score (nSPS) is 21.4. The minimum atomic E-state index is -3.40. The van der Waals surface area contributed by atoms with Crippen LogP contribution in [0.25, 0.3) is 0 Å². The first-order valence-electron chi connectivity index (χ1n) is 10.2. The Morgan fingerprint density at radius 1 is 1.21 bits per heavy atom. The maximum Gasteiger partial charge on any atom is 0.252 e. The number of benzene rings is 1. The molecule has 29 heavy (non-hydrogen) atoms. The van der Waals surface area contributed by atoms with E-state index in [4.69, 9.17) is 0 Å². The molecular weight excluding hydrogens is 404 g/mol. The van der Waals surface area contributed by atoms with E-state index >= 15 is 0 Å². The minimum absolute atomic E-state index is 0.0269. The summed E-state index contributed by atoms with van der Waals surface area (Å²) >= 11 is 1.27. The van der Waals surface area contributed by atoms with E-state index < -0.39 is 10.0 Å². The zero-order chi connectivity index (χ0) is 20.6. The highest BCUT2D eigenvalue weighted by atomic mass is 32.2. The standard InChI is InChI=1S/C22H28N2O3S2/c1-16(2)23-20(25)14-17-15-22(19-7-4-3-6-18(17)19)9-11-24(12-10-22)29(26,27)21-8-5-13-28-21/h3-8,13,16-17H,9-12,14-15H2,1-2H3,(H,23,25). The largest absolute Gasteiger partial charge is 0.354 e. The van der Waals surface area contributed by atoms with Gasteiger partial charge in [-0.05, 0) is 67.0 Å². The molecule has 1 unspecified atom stereocenters. The average molecular weight is 433 g/mol. The van der Waals surface area contributed by atoms with Crippen LogP contribution in [0.4, 0.5) is 0 Å². The molecule has 0 saturated carbocycles. The number of carbonyl (C=O) groups excluding carboxylic acids is 1. The smallest absolute Gasteiger partial charge is 0.252 e. The van der Waals surface area contributed by atoms with Crippen LogP contribution in [0.2, 0.25) is 0 Å². The molecule has 1 saturated heterocycles. The van der Waals surface area contributed by atoms with Crippen molar-refractivity contribution in [2.45, 2.75) is 61.1 Å². The monoisotopic (exact) mass is 432 g/mol. The molecule has 2 aliphatic rings. The molecule has 0 radical (unpaired) electrons. The van der Waals surface area contributed by atoms with E-state index in [9.17, 15) is 13.2 Å². The van der Waals surface area contributed by atoms with E-state index in [2.05, 4.69) is 23.5 Å². The van der Waals surface area contributed by atoms with Crippen molar-refractivity contribution < 1.29 is 13.2 Å². The number of rotatable bonds is 5. The van der Waals surface area contributed by atoms with Crippen LogP contribution in [-0.2, 0) is 20.2 Å². The van der Waals surface area contributed by atoms with Gasteiger partial charge in [-0.1, -0.05) is 30.3 Å². The summed E-state index contributed by atoms with van der Waals surface area (Å²) in [4.78, 5) is 12.4. The summed E-state index contributed by atoms with van der Waals surface area (Å²) in [7, 11) is -3.40. The molecule has 1 spiro atoms. The molecule has 5 nitrogen and oxygen atoms in total. The Hall–Kier alpha value is -1.70. The molecule has 2 heterocycles. The number of sulfonamides is 1. The first-order valence-corrected chi connectivity index (χ1v) is 12.6. The fraction of sp³-hybridized carbons (Fsp3) is 0.500. The van der Waals surface area contributed by atoms with Gasteiger partial charge in [0, 0.05) is 25.6 Å². The van der Waals surface area contributed by atoms with Gasteiger partial charge in [0.05, 0.1) is 0 Å². The van der Waals surface area contributed by atoms with Gasteiger partial charge >= 0.3 is 0 Å². The second kappa shape index (κ2) is 7.85. The molecule has 7 heteroatoms. The Bertz CT molecular complexity index is 975. The van der Waals surface area contributed by atoms with Crippen molar-refractivity contribution in [3.8, 4) is 0 Å². The van der Waals surface area contributed by atoms with Gasteiger partial charge in [-0.3, -0.25) is 4.79 Å². The van der Waals surface area contributed by atoms with E-state index in [0.717, 1.165) is 19.3 Å². The molecule has 4 rings (SSSR count). The van der Waals surface area contributed by atoms with Crippen LogP contribution in [0.3, 0.4) is 0 Å². The van der Waals surface area contributed by atoms with Gasteiger partial charge in [0.2, 0.25) is 5.91 Å². The summed E-state index contributed by atoms with van der Waals surface area (Å²) in [5.41, 5.74) is 2.55. The fourth-order valence-corrected chi connectivity index (χ4v) is 7.57. The molecule has 1 amide bonds. The van der Waals surface area contributed by atoms with Crippen molar-refractivity contribution in [3.05, 3.63) is 52.9 Å². The number of piperidine rings is 1. The molecule has 1 aromatic carbocycles. The summed E-state index contributed by atoms with van der Waals surface area (Å²) in [6, 6.07) is 12.0. The van der Waals surface area contributed by atoms with Gasteiger partial charge in [0.15, 0.2) is 0 Å². The number of hydrogen-bond donors (Lipinski definition) is 1. The van der Waals surface area contributed by atoms with Gasteiger partial charge < -0.3 is 5.32 Å². The van der Waals surface area contributed by atoms with E-state index in [1.807, 2.05) is 19.9 Å². The predicted molar refractivity (Wildman–Crippen MR) is 116 cm³/mol. The Morgan fingerprint density at radius 2 is 1.93 bits per heavy atom. The molecule has 2 aromatic rings. The van der Waals surface area contributed by atoms with Crippen molar-refractivity contribution in [2.24, 2.45) is 0 Å². The van der Waals surface area contributed by atoms with Crippen LogP contribution < -0.4 is 5.32 Å². The number of amides is 1. The van der Waals surface area contributed by atoms with E-state index in [1.165, 1.54) is 22.5 Å². The minimum Gasteiger partial charge on any atom is -0.354 e. The Kier molecular flexibility index (Phi) is 5.57. The fourth-order valence-electron chi connectivity index (χ4n) is 4.98. The van der Waals surface area contributed by atoms with E-state index in [0.29, 0.717) is 23.7 Å². The summed E-state index contributed by atoms with van der Waals surface area (Å²) in [6.45, 7) is 5.01. The number of fused-ring (bicyclic) bond motifs is 2. The van der Waals surface area contributed by atoms with Crippen LogP contribution in [0.5, 0.6) is 0 Å². The van der Waals surface area contributed by atoms with Crippen LogP contribution in [0, 0.1) is 0 Å².